The van der Waals surface area contributed by atoms with Crippen molar-refractivity contribution < 1.29 is 0 Å². The minimum atomic E-state index is 1.16. The molecule has 0 aliphatic carbocycles. The highest BCUT2D eigenvalue weighted by atomic mass is 32.2. The summed E-state index contributed by atoms with van der Waals surface area (Å²) < 4.78 is 0. The minimum Gasteiger partial charge on any atom is -0.308 e. The number of hydrogen-bond acceptors (Lipinski definition) is 4. The summed E-state index contributed by atoms with van der Waals surface area (Å²) in [6.07, 6.45) is 0. The van der Waals surface area contributed by atoms with Crippen LogP contribution >= 0.6 is 23.5 Å². The molecule has 2 aliphatic rings. The van der Waals surface area contributed by atoms with Gasteiger partial charge in [0, 0.05) is 31.0 Å². The van der Waals surface area contributed by atoms with E-state index in [2.05, 4.69) is 131 Å². The van der Waals surface area contributed by atoms with Crippen LogP contribution in [-0.2, 0) is 0 Å². The molecule has 0 radical (unpaired) electrons. The van der Waals surface area contributed by atoms with Gasteiger partial charge in [0.25, 0.3) is 0 Å². The molecule has 4 heteroatoms. The molecule has 0 fully saturated rings. The van der Waals surface area contributed by atoms with Crippen molar-refractivity contribution in [2.24, 2.45) is 0 Å². The maximum atomic E-state index is 2.39. The Kier molecular flexibility index (Phi) is 4.67. The monoisotopic (exact) mass is 472 g/mol. The van der Waals surface area contributed by atoms with E-state index in [1.807, 2.05) is 23.5 Å². The summed E-state index contributed by atoms with van der Waals surface area (Å²) in [4.78, 5) is 9.88. The van der Waals surface area contributed by atoms with Gasteiger partial charge in [-0.05, 0) is 66.7 Å². The predicted molar refractivity (Wildman–Crippen MR) is 144 cm³/mol. The largest absolute Gasteiger partial charge is 0.308 e. The molecule has 0 saturated heterocycles. The van der Waals surface area contributed by atoms with E-state index in [4.69, 9.17) is 0 Å². The lowest BCUT2D eigenvalue weighted by molar-refractivity contribution is 1.14. The van der Waals surface area contributed by atoms with Crippen LogP contribution < -0.4 is 9.80 Å². The zero-order valence-corrected chi connectivity index (χ0v) is 19.9. The highest BCUT2D eigenvalue weighted by Gasteiger charge is 2.27. The molecule has 5 aromatic rings. The van der Waals surface area contributed by atoms with Crippen molar-refractivity contribution in [1.82, 2.24) is 0 Å². The lowest BCUT2D eigenvalue weighted by atomic mass is 10.1. The summed E-state index contributed by atoms with van der Waals surface area (Å²) in [6, 6.07) is 43.6. The molecule has 0 unspecified atom stereocenters. The third-order valence-electron chi connectivity index (χ3n) is 6.21. The lowest BCUT2D eigenvalue weighted by Gasteiger charge is -2.35. The highest BCUT2D eigenvalue weighted by molar-refractivity contribution is 8.00. The van der Waals surface area contributed by atoms with E-state index < -0.39 is 0 Å². The van der Waals surface area contributed by atoms with Crippen molar-refractivity contribution in [2.45, 2.75) is 19.6 Å². The Morgan fingerprint density at radius 1 is 0.353 bits per heavy atom. The zero-order valence-electron chi connectivity index (χ0n) is 18.3. The molecular formula is C30H20N2S2. The van der Waals surface area contributed by atoms with Gasteiger partial charge in [0.05, 0.1) is 22.7 Å². The van der Waals surface area contributed by atoms with Crippen LogP contribution in [0.3, 0.4) is 0 Å². The number of hydrogen-bond donors (Lipinski definition) is 0. The fourth-order valence-electron chi connectivity index (χ4n) is 4.74. The van der Waals surface area contributed by atoms with Gasteiger partial charge in [-0.3, -0.25) is 0 Å². The van der Waals surface area contributed by atoms with E-state index in [1.165, 1.54) is 42.3 Å². The molecule has 7 rings (SSSR count). The van der Waals surface area contributed by atoms with Crippen molar-refractivity contribution in [3.63, 3.8) is 0 Å². The van der Waals surface area contributed by atoms with Gasteiger partial charge < -0.3 is 9.80 Å². The molecule has 0 aromatic heterocycles. The van der Waals surface area contributed by atoms with Gasteiger partial charge in [0.15, 0.2) is 0 Å². The Balaban J connectivity index is 1.42. The molecule has 2 heterocycles. The standard InChI is InChI=1S/C30H20N2S2/c1-5-16-27-23(12-1)31(24-13-2-6-17-28(24)33-27)21-10-9-11-22(20-21)32-25-14-3-7-18-29(25)34-30-19-8-4-15-26(30)32/h1-20H. The SMILES string of the molecule is c1cc(N2c3ccccc3Sc3ccccc32)cc(N2c3ccccc3Sc3ccccc32)c1. The fourth-order valence-corrected chi connectivity index (χ4v) is 6.85. The zero-order chi connectivity index (χ0) is 22.5. The van der Waals surface area contributed by atoms with Crippen molar-refractivity contribution >= 4 is 57.6 Å². The van der Waals surface area contributed by atoms with Crippen LogP contribution in [0.4, 0.5) is 34.1 Å². The van der Waals surface area contributed by atoms with Crippen molar-refractivity contribution in [2.75, 3.05) is 9.80 Å². The molecule has 162 valence electrons. The maximum Gasteiger partial charge on any atom is 0.0601 e. The molecule has 34 heavy (non-hydrogen) atoms. The first kappa shape index (κ1) is 19.8. The van der Waals surface area contributed by atoms with Gasteiger partial charge in [-0.2, -0.15) is 0 Å². The van der Waals surface area contributed by atoms with E-state index in [1.54, 1.807) is 0 Å². The van der Waals surface area contributed by atoms with Gasteiger partial charge in [0.2, 0.25) is 0 Å². The van der Waals surface area contributed by atoms with Crippen LogP contribution in [0.15, 0.2) is 141 Å². The summed E-state index contributed by atoms with van der Waals surface area (Å²) in [5.41, 5.74) is 7.20. The first-order chi connectivity index (χ1) is 16.9. The molecule has 0 N–H and O–H groups in total. The molecule has 5 aromatic carbocycles. The Morgan fingerprint density at radius 2 is 0.676 bits per heavy atom. The average Bonchev–Trinajstić information content (AvgIpc) is 2.90. The van der Waals surface area contributed by atoms with E-state index in [-0.39, 0.29) is 0 Å². The fraction of sp³-hybridized carbons (Fsp3) is 0. The second kappa shape index (κ2) is 8.01. The number of para-hydroxylation sites is 4. The number of anilines is 6. The quantitative estimate of drug-likeness (QED) is 0.247. The van der Waals surface area contributed by atoms with Crippen LogP contribution in [0.1, 0.15) is 0 Å². The lowest BCUT2D eigenvalue weighted by Crippen LogP contribution is -2.17. The molecule has 0 spiro atoms. The maximum absolute atomic E-state index is 2.39. The van der Waals surface area contributed by atoms with Gasteiger partial charge in [-0.1, -0.05) is 78.1 Å². The number of nitrogens with zero attached hydrogens (tertiary/aromatic N) is 2. The summed E-state index contributed by atoms with van der Waals surface area (Å²) >= 11 is 3.68. The number of fused-ring (bicyclic) bond motifs is 4. The topological polar surface area (TPSA) is 6.48 Å². The second-order valence-electron chi connectivity index (χ2n) is 8.27. The first-order valence-corrected chi connectivity index (χ1v) is 12.9. The van der Waals surface area contributed by atoms with Crippen molar-refractivity contribution in [3.05, 3.63) is 121 Å². The van der Waals surface area contributed by atoms with E-state index in [9.17, 15) is 0 Å². The van der Waals surface area contributed by atoms with Gasteiger partial charge in [0.1, 0.15) is 0 Å². The Hall–Kier alpha value is -3.60. The van der Waals surface area contributed by atoms with Gasteiger partial charge >= 0.3 is 0 Å². The number of rotatable bonds is 2. The molecule has 0 amide bonds. The van der Waals surface area contributed by atoms with E-state index in [0.717, 1.165) is 11.4 Å². The van der Waals surface area contributed by atoms with Crippen LogP contribution in [0.25, 0.3) is 0 Å². The molecule has 2 nitrogen and oxygen atoms in total. The minimum absolute atomic E-state index is 1.16. The third-order valence-corrected chi connectivity index (χ3v) is 8.47. The van der Waals surface area contributed by atoms with Crippen LogP contribution in [-0.4, -0.2) is 0 Å². The average molecular weight is 473 g/mol. The molecule has 0 saturated carbocycles. The molecular weight excluding hydrogens is 452 g/mol. The van der Waals surface area contributed by atoms with Crippen LogP contribution in [0, 0.1) is 0 Å². The highest BCUT2D eigenvalue weighted by Crippen LogP contribution is 2.54. The van der Waals surface area contributed by atoms with Crippen LogP contribution in [0.2, 0.25) is 0 Å². The molecule has 0 atom stereocenters. The third kappa shape index (κ3) is 3.14. The summed E-state index contributed by atoms with van der Waals surface area (Å²) in [7, 11) is 0. The Morgan fingerprint density at radius 3 is 1.03 bits per heavy atom. The van der Waals surface area contributed by atoms with E-state index in [0.29, 0.717) is 0 Å². The number of benzene rings is 5. The normalized spacial score (nSPS) is 13.5. The van der Waals surface area contributed by atoms with E-state index >= 15 is 0 Å². The van der Waals surface area contributed by atoms with Gasteiger partial charge in [-0.25, -0.2) is 0 Å². The second-order valence-corrected chi connectivity index (χ2v) is 10.4. The first-order valence-electron chi connectivity index (χ1n) is 11.3. The van der Waals surface area contributed by atoms with Crippen molar-refractivity contribution in [1.29, 1.82) is 0 Å². The molecule has 2 aliphatic heterocycles. The summed E-state index contributed by atoms with van der Waals surface area (Å²) in [5, 5.41) is 0. The Labute approximate surface area is 207 Å². The van der Waals surface area contributed by atoms with Crippen LogP contribution in [0.5, 0.6) is 0 Å². The smallest absolute Gasteiger partial charge is 0.0601 e. The van der Waals surface area contributed by atoms with Gasteiger partial charge in [-0.15, -0.1) is 0 Å². The Bertz CT molecular complexity index is 1340. The summed E-state index contributed by atoms with van der Waals surface area (Å²) in [6.45, 7) is 0. The predicted octanol–water partition coefficient (Wildman–Crippen LogP) is 9.56. The molecule has 0 bridgehead atoms. The van der Waals surface area contributed by atoms with Crippen molar-refractivity contribution in [3.8, 4) is 0 Å². The summed E-state index contributed by atoms with van der Waals surface area (Å²) in [5.74, 6) is 0.